The third-order valence-corrected chi connectivity index (χ3v) is 7.32. The Balaban J connectivity index is 1.55. The minimum atomic E-state index is -3.08. The first-order valence-electron chi connectivity index (χ1n) is 10.0. The van der Waals surface area contributed by atoms with Crippen molar-refractivity contribution in [2.45, 2.75) is 25.3 Å². The van der Waals surface area contributed by atoms with Gasteiger partial charge in [0.25, 0.3) is 0 Å². The number of amides is 2. The van der Waals surface area contributed by atoms with E-state index in [1.54, 1.807) is 0 Å². The molecule has 0 spiro atoms. The first kappa shape index (κ1) is 20.4. The van der Waals surface area contributed by atoms with Crippen LogP contribution in [0.5, 0.6) is 11.5 Å². The average molecular weight is 429 g/mol. The van der Waals surface area contributed by atoms with Crippen LogP contribution in [0, 0.1) is 0 Å². The van der Waals surface area contributed by atoms with Gasteiger partial charge >= 0.3 is 0 Å². The molecular weight excluding hydrogens is 404 g/mol. The molecule has 4 rings (SSSR count). The van der Waals surface area contributed by atoms with E-state index in [2.05, 4.69) is 5.32 Å². The third kappa shape index (κ3) is 4.05. The highest BCUT2D eigenvalue weighted by molar-refractivity contribution is 7.91. The average Bonchev–Trinajstić information content (AvgIpc) is 3.07. The molecule has 0 aromatic heterocycles. The fourth-order valence-electron chi connectivity index (χ4n) is 4.06. The molecule has 2 amide bonds. The van der Waals surface area contributed by atoms with Crippen molar-refractivity contribution < 1.29 is 22.7 Å². The summed E-state index contributed by atoms with van der Waals surface area (Å²) >= 11 is 0. The summed E-state index contributed by atoms with van der Waals surface area (Å²) in [6, 6.07) is 14.4. The number of hydrogen-bond donors (Lipinski definition) is 1. The van der Waals surface area contributed by atoms with Crippen LogP contribution in [0.25, 0.3) is 0 Å². The van der Waals surface area contributed by atoms with E-state index < -0.39 is 15.8 Å². The zero-order chi connectivity index (χ0) is 21.3. The SMILES string of the molecule is CCN(CC(=O)N[C@H]1CCS(=O)(=O)C1)C(=O)C1c2ccccc2Oc2ccccc21. The van der Waals surface area contributed by atoms with Gasteiger partial charge in [0, 0.05) is 23.7 Å². The normalized spacial score (nSPS) is 19.3. The zero-order valence-electron chi connectivity index (χ0n) is 16.7. The minimum absolute atomic E-state index is 0.0421. The number of nitrogens with zero attached hydrogens (tertiary/aromatic N) is 1. The summed E-state index contributed by atoms with van der Waals surface area (Å²) in [7, 11) is -3.08. The lowest BCUT2D eigenvalue weighted by atomic mass is 9.87. The maximum absolute atomic E-state index is 13.5. The fourth-order valence-corrected chi connectivity index (χ4v) is 5.73. The molecular formula is C22H24N2O5S. The number of hydrogen-bond acceptors (Lipinski definition) is 5. The number of rotatable bonds is 5. The number of carbonyl (C=O) groups excluding carboxylic acids is 2. The molecule has 30 heavy (non-hydrogen) atoms. The number of sulfone groups is 1. The highest BCUT2D eigenvalue weighted by Gasteiger charge is 2.36. The number of benzene rings is 2. The predicted molar refractivity (Wildman–Crippen MR) is 112 cm³/mol. The van der Waals surface area contributed by atoms with Crippen LogP contribution in [0.15, 0.2) is 48.5 Å². The predicted octanol–water partition coefficient (Wildman–Crippen LogP) is 2.08. The Labute approximate surface area is 175 Å². The number of ether oxygens (including phenoxy) is 1. The van der Waals surface area contributed by atoms with Gasteiger partial charge in [-0.25, -0.2) is 8.42 Å². The molecule has 0 radical (unpaired) electrons. The molecule has 8 heteroatoms. The molecule has 2 aromatic rings. The van der Waals surface area contributed by atoms with Crippen molar-refractivity contribution in [3.05, 3.63) is 59.7 Å². The monoisotopic (exact) mass is 428 g/mol. The molecule has 1 saturated heterocycles. The summed E-state index contributed by atoms with van der Waals surface area (Å²) in [5.74, 6) is 0.211. The Morgan fingerprint density at radius 3 is 2.20 bits per heavy atom. The molecule has 0 unspecified atom stereocenters. The standard InChI is InChI=1S/C22H24N2O5S/c1-2-24(13-20(25)23-15-11-12-30(27,28)14-15)22(26)21-16-7-3-5-9-18(16)29-19-10-6-4-8-17(19)21/h3-10,15,21H,2,11-14H2,1H3,(H,23,25)/t15-/m0/s1. The van der Waals surface area contributed by atoms with Crippen molar-refractivity contribution >= 4 is 21.7 Å². The maximum Gasteiger partial charge on any atom is 0.239 e. The first-order valence-corrected chi connectivity index (χ1v) is 11.8. The summed E-state index contributed by atoms with van der Waals surface area (Å²) in [4.78, 5) is 27.6. The lowest BCUT2D eigenvalue weighted by Gasteiger charge is -2.31. The topological polar surface area (TPSA) is 92.8 Å². The quantitative estimate of drug-likeness (QED) is 0.787. The molecule has 0 aliphatic carbocycles. The Kier molecular flexibility index (Phi) is 5.51. The van der Waals surface area contributed by atoms with Crippen molar-refractivity contribution in [1.29, 1.82) is 0 Å². The second-order valence-electron chi connectivity index (χ2n) is 7.63. The Morgan fingerprint density at radius 1 is 1.07 bits per heavy atom. The van der Waals surface area contributed by atoms with Gasteiger partial charge in [0.05, 0.1) is 24.0 Å². The summed E-state index contributed by atoms with van der Waals surface area (Å²) < 4.78 is 29.2. The van der Waals surface area contributed by atoms with Crippen LogP contribution in [-0.4, -0.2) is 55.8 Å². The van der Waals surface area contributed by atoms with E-state index >= 15 is 0 Å². The van der Waals surface area contributed by atoms with Crippen molar-refractivity contribution in [2.75, 3.05) is 24.6 Å². The van der Waals surface area contributed by atoms with Gasteiger partial charge in [0.15, 0.2) is 9.84 Å². The summed E-state index contributed by atoms with van der Waals surface area (Å²) in [6.45, 7) is 2.06. The molecule has 1 fully saturated rings. The highest BCUT2D eigenvalue weighted by atomic mass is 32.2. The van der Waals surface area contributed by atoms with Gasteiger partial charge in [-0.2, -0.15) is 0 Å². The van der Waals surface area contributed by atoms with Crippen molar-refractivity contribution in [3.8, 4) is 11.5 Å². The Morgan fingerprint density at radius 2 is 1.67 bits per heavy atom. The van der Waals surface area contributed by atoms with Gasteiger partial charge in [0.2, 0.25) is 11.8 Å². The van der Waals surface area contributed by atoms with E-state index in [0.717, 1.165) is 11.1 Å². The summed E-state index contributed by atoms with van der Waals surface area (Å²) in [5.41, 5.74) is 1.53. The summed E-state index contributed by atoms with van der Waals surface area (Å²) in [6.07, 6.45) is 0.412. The summed E-state index contributed by atoms with van der Waals surface area (Å²) in [5, 5.41) is 2.76. The molecule has 2 heterocycles. The fraction of sp³-hybridized carbons (Fsp3) is 0.364. The zero-order valence-corrected chi connectivity index (χ0v) is 17.5. The van der Waals surface area contributed by atoms with Crippen LogP contribution >= 0.6 is 0 Å². The van der Waals surface area contributed by atoms with E-state index in [0.29, 0.717) is 24.5 Å². The van der Waals surface area contributed by atoms with Crippen molar-refractivity contribution in [1.82, 2.24) is 10.2 Å². The first-order chi connectivity index (χ1) is 14.4. The molecule has 158 valence electrons. The molecule has 7 nitrogen and oxygen atoms in total. The van der Waals surface area contributed by atoms with Crippen LogP contribution < -0.4 is 10.1 Å². The third-order valence-electron chi connectivity index (χ3n) is 5.55. The van der Waals surface area contributed by atoms with Crippen LogP contribution in [-0.2, 0) is 19.4 Å². The van der Waals surface area contributed by atoms with Gasteiger partial charge in [-0.3, -0.25) is 9.59 Å². The van der Waals surface area contributed by atoms with E-state index in [1.165, 1.54) is 4.90 Å². The molecule has 2 aromatic carbocycles. The van der Waals surface area contributed by atoms with Gasteiger partial charge in [-0.15, -0.1) is 0 Å². The van der Waals surface area contributed by atoms with E-state index in [-0.39, 0.29) is 35.9 Å². The van der Waals surface area contributed by atoms with E-state index in [1.807, 2.05) is 55.5 Å². The minimum Gasteiger partial charge on any atom is -0.457 e. The van der Waals surface area contributed by atoms with Gasteiger partial charge < -0.3 is 15.0 Å². The van der Waals surface area contributed by atoms with Crippen LogP contribution in [0.4, 0.5) is 0 Å². The maximum atomic E-state index is 13.5. The van der Waals surface area contributed by atoms with Crippen LogP contribution in [0.3, 0.4) is 0 Å². The Hall–Kier alpha value is -2.87. The number of nitrogens with one attached hydrogen (secondary N) is 1. The lowest BCUT2D eigenvalue weighted by Crippen LogP contribution is -2.46. The van der Waals surface area contributed by atoms with Gasteiger partial charge in [0.1, 0.15) is 11.5 Å². The van der Waals surface area contributed by atoms with E-state index in [9.17, 15) is 18.0 Å². The largest absolute Gasteiger partial charge is 0.457 e. The van der Waals surface area contributed by atoms with Gasteiger partial charge in [-0.1, -0.05) is 36.4 Å². The Bertz CT molecular complexity index is 1040. The molecule has 2 aliphatic rings. The molecule has 0 bridgehead atoms. The highest BCUT2D eigenvalue weighted by Crippen LogP contribution is 2.44. The molecule has 2 aliphatic heterocycles. The van der Waals surface area contributed by atoms with Gasteiger partial charge in [-0.05, 0) is 25.5 Å². The van der Waals surface area contributed by atoms with Crippen molar-refractivity contribution in [2.24, 2.45) is 0 Å². The van der Waals surface area contributed by atoms with Crippen LogP contribution in [0.2, 0.25) is 0 Å². The molecule has 1 atom stereocenters. The molecule has 1 N–H and O–H groups in total. The number of para-hydroxylation sites is 2. The number of likely N-dealkylation sites (N-methyl/N-ethyl adjacent to an activating group) is 1. The second kappa shape index (κ2) is 8.10. The lowest BCUT2D eigenvalue weighted by molar-refractivity contribution is -0.136. The van der Waals surface area contributed by atoms with E-state index in [4.69, 9.17) is 4.74 Å². The molecule has 0 saturated carbocycles. The number of carbonyl (C=O) groups is 2. The number of fused-ring (bicyclic) bond motifs is 2. The van der Waals surface area contributed by atoms with Crippen LogP contribution in [0.1, 0.15) is 30.4 Å². The smallest absolute Gasteiger partial charge is 0.239 e. The second-order valence-corrected chi connectivity index (χ2v) is 9.86. The van der Waals surface area contributed by atoms with Crippen molar-refractivity contribution in [3.63, 3.8) is 0 Å².